The van der Waals surface area contributed by atoms with E-state index >= 15 is 0 Å². The Kier molecular flexibility index (Phi) is 7.39. The Morgan fingerprint density at radius 3 is 2.57 bits per heavy atom. The van der Waals surface area contributed by atoms with Crippen molar-refractivity contribution in [2.75, 3.05) is 27.2 Å². The van der Waals surface area contributed by atoms with Gasteiger partial charge in [0.15, 0.2) is 0 Å². The normalized spacial score (nSPS) is 12.5. The van der Waals surface area contributed by atoms with E-state index in [2.05, 4.69) is 15.5 Å². The first-order valence-corrected chi connectivity index (χ1v) is 8.06. The number of carbonyl (C=O) groups excluding carboxylic acids is 2. The Bertz CT molecular complexity index is 444. The first-order chi connectivity index (χ1) is 9.91. The summed E-state index contributed by atoms with van der Waals surface area (Å²) in [7, 11) is 4.00. The first kappa shape index (κ1) is 17.7. The molecule has 5 nitrogen and oxygen atoms in total. The van der Waals surface area contributed by atoms with Crippen LogP contribution in [0, 0.1) is 5.92 Å². The van der Waals surface area contributed by atoms with Gasteiger partial charge >= 0.3 is 0 Å². The molecule has 0 saturated heterocycles. The van der Waals surface area contributed by atoms with Crippen LogP contribution in [0.1, 0.15) is 29.9 Å². The third kappa shape index (κ3) is 6.27. The highest BCUT2D eigenvalue weighted by Crippen LogP contribution is 2.10. The molecule has 1 atom stereocenters. The second kappa shape index (κ2) is 8.79. The van der Waals surface area contributed by atoms with Gasteiger partial charge in [-0.2, -0.15) is 0 Å². The molecule has 1 aromatic heterocycles. The van der Waals surface area contributed by atoms with Crippen LogP contribution in [0.5, 0.6) is 0 Å². The van der Waals surface area contributed by atoms with Crippen LogP contribution in [0.3, 0.4) is 0 Å². The van der Waals surface area contributed by atoms with Gasteiger partial charge in [0, 0.05) is 6.54 Å². The van der Waals surface area contributed by atoms with Gasteiger partial charge in [-0.3, -0.25) is 9.59 Å². The van der Waals surface area contributed by atoms with Crippen molar-refractivity contribution in [1.82, 2.24) is 15.5 Å². The molecule has 0 aliphatic rings. The lowest BCUT2D eigenvalue weighted by atomic mass is 10.0. The van der Waals surface area contributed by atoms with Crippen molar-refractivity contribution >= 4 is 23.2 Å². The van der Waals surface area contributed by atoms with Crippen LogP contribution in [0.4, 0.5) is 0 Å². The molecule has 0 bridgehead atoms. The fraction of sp³-hybridized carbons (Fsp3) is 0.600. The van der Waals surface area contributed by atoms with E-state index in [0.717, 1.165) is 13.0 Å². The fourth-order valence-electron chi connectivity index (χ4n) is 1.87. The average Bonchev–Trinajstić information content (AvgIpc) is 2.93. The van der Waals surface area contributed by atoms with E-state index in [9.17, 15) is 9.59 Å². The second-order valence-corrected chi connectivity index (χ2v) is 6.57. The summed E-state index contributed by atoms with van der Waals surface area (Å²) in [6, 6.07) is 3.08. The maximum atomic E-state index is 12.2. The first-order valence-electron chi connectivity index (χ1n) is 7.18. The van der Waals surface area contributed by atoms with Crippen LogP contribution < -0.4 is 10.6 Å². The monoisotopic (exact) mass is 311 g/mol. The molecule has 0 spiro atoms. The zero-order valence-electron chi connectivity index (χ0n) is 13.2. The highest BCUT2D eigenvalue weighted by atomic mass is 32.1. The maximum Gasteiger partial charge on any atom is 0.262 e. The lowest BCUT2D eigenvalue weighted by Crippen LogP contribution is -2.49. The molecule has 0 aliphatic heterocycles. The van der Waals surface area contributed by atoms with Crippen LogP contribution in [0.15, 0.2) is 17.5 Å². The molecule has 1 rings (SSSR count). The molecule has 0 radical (unpaired) electrons. The van der Waals surface area contributed by atoms with Gasteiger partial charge in [0.05, 0.1) is 4.88 Å². The number of nitrogens with zero attached hydrogens (tertiary/aromatic N) is 1. The van der Waals surface area contributed by atoms with Gasteiger partial charge < -0.3 is 15.5 Å². The summed E-state index contributed by atoms with van der Waals surface area (Å²) in [5, 5.41) is 7.56. The SMILES string of the molecule is CC(C)[C@H](NC(=O)c1cccs1)C(=O)NCCCN(C)C. The predicted octanol–water partition coefficient (Wildman–Crippen LogP) is 1.57. The second-order valence-electron chi connectivity index (χ2n) is 5.62. The summed E-state index contributed by atoms with van der Waals surface area (Å²) in [6.07, 6.45) is 0.891. The number of rotatable bonds is 8. The Morgan fingerprint density at radius 1 is 1.33 bits per heavy atom. The van der Waals surface area contributed by atoms with Crippen LogP contribution >= 0.6 is 11.3 Å². The van der Waals surface area contributed by atoms with Gasteiger partial charge in [0.1, 0.15) is 6.04 Å². The van der Waals surface area contributed by atoms with Crippen molar-refractivity contribution in [3.8, 4) is 0 Å². The standard InChI is InChI=1S/C15H25N3O2S/c1-11(2)13(15(20)16-8-6-9-18(3)4)17-14(19)12-7-5-10-21-12/h5,7,10-11,13H,6,8-9H2,1-4H3,(H,16,20)(H,17,19)/t13-/m0/s1. The van der Waals surface area contributed by atoms with E-state index in [-0.39, 0.29) is 17.7 Å². The fourth-order valence-corrected chi connectivity index (χ4v) is 2.50. The van der Waals surface area contributed by atoms with Crippen LogP contribution in [-0.2, 0) is 4.79 Å². The summed E-state index contributed by atoms with van der Waals surface area (Å²) in [5.41, 5.74) is 0. The predicted molar refractivity (Wildman–Crippen MR) is 86.6 cm³/mol. The topological polar surface area (TPSA) is 61.4 Å². The van der Waals surface area contributed by atoms with Gasteiger partial charge in [-0.1, -0.05) is 19.9 Å². The molecule has 2 N–H and O–H groups in total. The van der Waals surface area contributed by atoms with Crippen LogP contribution in [0.2, 0.25) is 0 Å². The van der Waals surface area contributed by atoms with Crippen molar-refractivity contribution < 1.29 is 9.59 Å². The molecular formula is C15H25N3O2S. The Hall–Kier alpha value is -1.40. The number of nitrogens with one attached hydrogen (secondary N) is 2. The molecule has 0 saturated carbocycles. The van der Waals surface area contributed by atoms with Gasteiger partial charge in [0.2, 0.25) is 5.91 Å². The van der Waals surface area contributed by atoms with Gasteiger partial charge in [-0.05, 0) is 44.4 Å². The van der Waals surface area contributed by atoms with E-state index in [1.807, 2.05) is 39.4 Å². The lowest BCUT2D eigenvalue weighted by molar-refractivity contribution is -0.123. The van der Waals surface area contributed by atoms with Gasteiger partial charge in [-0.15, -0.1) is 11.3 Å². The summed E-state index contributed by atoms with van der Waals surface area (Å²) >= 11 is 1.37. The Labute approximate surface area is 130 Å². The number of thiophene rings is 1. The van der Waals surface area contributed by atoms with Crippen molar-refractivity contribution in [1.29, 1.82) is 0 Å². The summed E-state index contributed by atoms with van der Waals surface area (Å²) < 4.78 is 0. The van der Waals surface area contributed by atoms with E-state index < -0.39 is 6.04 Å². The number of hydrogen-bond acceptors (Lipinski definition) is 4. The molecule has 2 amide bonds. The van der Waals surface area contributed by atoms with Crippen LogP contribution in [0.25, 0.3) is 0 Å². The van der Waals surface area contributed by atoms with Crippen molar-refractivity contribution in [2.45, 2.75) is 26.3 Å². The van der Waals surface area contributed by atoms with E-state index in [4.69, 9.17) is 0 Å². The maximum absolute atomic E-state index is 12.2. The molecule has 0 aromatic carbocycles. The molecule has 1 heterocycles. The molecule has 0 unspecified atom stereocenters. The minimum absolute atomic E-state index is 0.0442. The molecule has 0 aliphatic carbocycles. The largest absolute Gasteiger partial charge is 0.354 e. The zero-order valence-corrected chi connectivity index (χ0v) is 14.0. The summed E-state index contributed by atoms with van der Waals surface area (Å²) in [4.78, 5) is 27.0. The smallest absolute Gasteiger partial charge is 0.262 e. The van der Waals surface area contributed by atoms with E-state index in [0.29, 0.717) is 11.4 Å². The minimum atomic E-state index is -0.501. The zero-order chi connectivity index (χ0) is 15.8. The summed E-state index contributed by atoms with van der Waals surface area (Å²) in [6.45, 7) is 5.40. The van der Waals surface area contributed by atoms with Crippen LogP contribution in [-0.4, -0.2) is 49.9 Å². The third-order valence-corrected chi connectivity index (χ3v) is 3.93. The van der Waals surface area contributed by atoms with E-state index in [1.165, 1.54) is 11.3 Å². The van der Waals surface area contributed by atoms with Gasteiger partial charge in [-0.25, -0.2) is 0 Å². The van der Waals surface area contributed by atoms with Gasteiger partial charge in [0.25, 0.3) is 5.91 Å². The molecular weight excluding hydrogens is 286 g/mol. The number of carbonyl (C=O) groups is 2. The van der Waals surface area contributed by atoms with E-state index in [1.54, 1.807) is 6.07 Å². The average molecular weight is 311 g/mol. The molecule has 118 valence electrons. The van der Waals surface area contributed by atoms with Crippen molar-refractivity contribution in [3.63, 3.8) is 0 Å². The highest BCUT2D eigenvalue weighted by molar-refractivity contribution is 7.12. The summed E-state index contributed by atoms with van der Waals surface area (Å²) in [5.74, 6) is -0.261. The molecule has 21 heavy (non-hydrogen) atoms. The molecule has 1 aromatic rings. The Balaban J connectivity index is 2.48. The minimum Gasteiger partial charge on any atom is -0.354 e. The van der Waals surface area contributed by atoms with Crippen molar-refractivity contribution in [3.05, 3.63) is 22.4 Å². The molecule has 0 fully saturated rings. The lowest BCUT2D eigenvalue weighted by Gasteiger charge is -2.21. The Morgan fingerprint density at radius 2 is 2.05 bits per heavy atom. The van der Waals surface area contributed by atoms with Crippen molar-refractivity contribution in [2.24, 2.45) is 5.92 Å². The number of hydrogen-bond donors (Lipinski definition) is 2. The molecule has 6 heteroatoms. The number of amides is 2. The quantitative estimate of drug-likeness (QED) is 0.717. The third-order valence-electron chi connectivity index (χ3n) is 3.06. The highest BCUT2D eigenvalue weighted by Gasteiger charge is 2.24.